The molecule has 0 unspecified atom stereocenters. The topological polar surface area (TPSA) is 18.5 Å². The first-order chi connectivity index (χ1) is 9.69. The normalized spacial score (nSPS) is 10.3. The monoisotopic (exact) mass is 374 g/mol. The van der Waals surface area contributed by atoms with E-state index in [1.54, 1.807) is 6.07 Å². The first kappa shape index (κ1) is 15.5. The van der Waals surface area contributed by atoms with E-state index in [2.05, 4.69) is 15.9 Å². The van der Waals surface area contributed by atoms with Crippen LogP contribution >= 0.6 is 39.1 Å². The highest BCUT2D eigenvalue weighted by atomic mass is 79.9. The summed E-state index contributed by atoms with van der Waals surface area (Å²) in [6.45, 7) is 0.872. The minimum atomic E-state index is 0.423. The van der Waals surface area contributed by atoms with Crippen LogP contribution in [0.4, 0.5) is 0 Å². The summed E-state index contributed by atoms with van der Waals surface area (Å²) in [6, 6.07) is 13.2. The lowest BCUT2D eigenvalue weighted by Gasteiger charge is -2.10. The zero-order valence-electron chi connectivity index (χ0n) is 10.6. The van der Waals surface area contributed by atoms with Crippen molar-refractivity contribution in [2.45, 2.75) is 5.88 Å². The molecule has 20 heavy (non-hydrogen) atoms. The van der Waals surface area contributed by atoms with Gasteiger partial charge in [-0.3, -0.25) is 0 Å². The minimum Gasteiger partial charge on any atom is -0.490 e. The van der Waals surface area contributed by atoms with E-state index in [1.807, 2.05) is 36.4 Å². The van der Waals surface area contributed by atoms with Gasteiger partial charge in [-0.25, -0.2) is 0 Å². The Morgan fingerprint density at radius 2 is 1.80 bits per heavy atom. The van der Waals surface area contributed by atoms with Gasteiger partial charge in [-0.05, 0) is 35.9 Å². The van der Waals surface area contributed by atoms with Gasteiger partial charge in [-0.2, -0.15) is 0 Å². The maximum absolute atomic E-state index is 6.09. The van der Waals surface area contributed by atoms with Gasteiger partial charge in [0.1, 0.15) is 24.7 Å². The number of hydrogen-bond acceptors (Lipinski definition) is 2. The van der Waals surface area contributed by atoms with Gasteiger partial charge in [-0.15, -0.1) is 11.6 Å². The molecule has 0 radical (unpaired) electrons. The SMILES string of the molecule is ClCc1ccc(OCCOc2cccc(Br)c2)c(Cl)c1. The van der Waals surface area contributed by atoms with Gasteiger partial charge in [0.05, 0.1) is 5.02 Å². The fourth-order valence-electron chi connectivity index (χ4n) is 1.61. The van der Waals surface area contributed by atoms with Crippen molar-refractivity contribution in [1.29, 1.82) is 0 Å². The van der Waals surface area contributed by atoms with E-state index in [4.69, 9.17) is 32.7 Å². The maximum Gasteiger partial charge on any atom is 0.138 e. The molecule has 0 bridgehead atoms. The molecular formula is C15H13BrCl2O2. The third-order valence-electron chi connectivity index (χ3n) is 2.56. The van der Waals surface area contributed by atoms with Crippen molar-refractivity contribution in [2.75, 3.05) is 13.2 Å². The molecule has 0 saturated heterocycles. The highest BCUT2D eigenvalue weighted by Crippen LogP contribution is 2.26. The summed E-state index contributed by atoms with van der Waals surface area (Å²) >= 11 is 15.2. The largest absolute Gasteiger partial charge is 0.490 e. The Morgan fingerprint density at radius 3 is 2.50 bits per heavy atom. The zero-order chi connectivity index (χ0) is 14.4. The molecule has 0 heterocycles. The first-order valence-corrected chi connectivity index (χ1v) is 7.75. The molecule has 0 spiro atoms. The van der Waals surface area contributed by atoms with Gasteiger partial charge < -0.3 is 9.47 Å². The summed E-state index contributed by atoms with van der Waals surface area (Å²) in [6.07, 6.45) is 0. The van der Waals surface area contributed by atoms with Crippen molar-refractivity contribution in [3.8, 4) is 11.5 Å². The number of halogens is 3. The lowest BCUT2D eigenvalue weighted by molar-refractivity contribution is 0.217. The van der Waals surface area contributed by atoms with Crippen molar-refractivity contribution in [1.82, 2.24) is 0 Å². The van der Waals surface area contributed by atoms with Gasteiger partial charge >= 0.3 is 0 Å². The van der Waals surface area contributed by atoms with Crippen LogP contribution in [0.15, 0.2) is 46.9 Å². The highest BCUT2D eigenvalue weighted by Gasteiger charge is 2.03. The quantitative estimate of drug-likeness (QED) is 0.503. The second-order valence-electron chi connectivity index (χ2n) is 4.05. The Morgan fingerprint density at radius 1 is 1.00 bits per heavy atom. The summed E-state index contributed by atoms with van der Waals surface area (Å²) in [7, 11) is 0. The molecule has 0 fully saturated rings. The van der Waals surface area contributed by atoms with Gasteiger partial charge in [0, 0.05) is 10.4 Å². The molecule has 2 nitrogen and oxygen atoms in total. The molecule has 106 valence electrons. The van der Waals surface area contributed by atoms with E-state index in [-0.39, 0.29) is 0 Å². The first-order valence-electron chi connectivity index (χ1n) is 6.04. The van der Waals surface area contributed by atoms with Crippen molar-refractivity contribution >= 4 is 39.1 Å². The molecular weight excluding hydrogens is 363 g/mol. The second kappa shape index (κ2) is 7.77. The highest BCUT2D eigenvalue weighted by molar-refractivity contribution is 9.10. The van der Waals surface area contributed by atoms with Crippen LogP contribution < -0.4 is 9.47 Å². The van der Waals surface area contributed by atoms with Crippen LogP contribution in [0.3, 0.4) is 0 Å². The average Bonchev–Trinajstić information content (AvgIpc) is 2.45. The maximum atomic E-state index is 6.09. The van der Waals surface area contributed by atoms with Gasteiger partial charge in [-0.1, -0.05) is 39.7 Å². The smallest absolute Gasteiger partial charge is 0.138 e. The Bertz CT molecular complexity index is 576. The number of ether oxygens (including phenoxy) is 2. The van der Waals surface area contributed by atoms with Gasteiger partial charge in [0.2, 0.25) is 0 Å². The zero-order valence-corrected chi connectivity index (χ0v) is 13.7. The molecule has 0 N–H and O–H groups in total. The molecule has 2 rings (SSSR count). The van der Waals surface area contributed by atoms with E-state index < -0.39 is 0 Å². The molecule has 0 aliphatic rings. The van der Waals surface area contributed by atoms with Gasteiger partial charge in [0.15, 0.2) is 0 Å². The van der Waals surface area contributed by atoms with E-state index in [0.717, 1.165) is 15.8 Å². The molecule has 0 atom stereocenters. The lowest BCUT2D eigenvalue weighted by Crippen LogP contribution is -2.09. The van der Waals surface area contributed by atoms with Crippen LogP contribution in [0.25, 0.3) is 0 Å². The third-order valence-corrected chi connectivity index (χ3v) is 3.65. The molecule has 5 heteroatoms. The summed E-state index contributed by atoms with van der Waals surface area (Å²) in [5.74, 6) is 1.87. The summed E-state index contributed by atoms with van der Waals surface area (Å²) in [4.78, 5) is 0. The summed E-state index contributed by atoms with van der Waals surface area (Å²) in [5, 5.41) is 0.561. The van der Waals surface area contributed by atoms with Crippen molar-refractivity contribution < 1.29 is 9.47 Å². The minimum absolute atomic E-state index is 0.423. The number of benzene rings is 2. The Balaban J connectivity index is 1.81. The van der Waals surface area contributed by atoms with E-state index in [9.17, 15) is 0 Å². The van der Waals surface area contributed by atoms with Crippen molar-refractivity contribution in [3.63, 3.8) is 0 Å². The molecule has 0 amide bonds. The summed E-state index contributed by atoms with van der Waals surface area (Å²) < 4.78 is 12.1. The molecule has 2 aromatic rings. The predicted octanol–water partition coefficient (Wildman–Crippen LogP) is 5.30. The summed E-state index contributed by atoms with van der Waals surface area (Å²) in [5.41, 5.74) is 0.967. The second-order valence-corrected chi connectivity index (χ2v) is 5.64. The molecule has 0 saturated carbocycles. The number of hydrogen-bond donors (Lipinski definition) is 0. The van der Waals surface area contributed by atoms with Crippen molar-refractivity contribution in [3.05, 3.63) is 57.5 Å². The molecule has 0 aromatic heterocycles. The van der Waals surface area contributed by atoms with Crippen LogP contribution in [0.5, 0.6) is 11.5 Å². The van der Waals surface area contributed by atoms with Crippen LogP contribution in [0.1, 0.15) is 5.56 Å². The van der Waals surface area contributed by atoms with Gasteiger partial charge in [0.25, 0.3) is 0 Å². The molecule has 0 aliphatic carbocycles. The third kappa shape index (κ3) is 4.58. The number of rotatable bonds is 6. The van der Waals surface area contributed by atoms with Crippen LogP contribution in [0.2, 0.25) is 5.02 Å². The van der Waals surface area contributed by atoms with Crippen LogP contribution in [0, 0.1) is 0 Å². The fraction of sp³-hybridized carbons (Fsp3) is 0.200. The van der Waals surface area contributed by atoms with Crippen LogP contribution in [-0.4, -0.2) is 13.2 Å². The predicted molar refractivity (Wildman–Crippen MR) is 86.1 cm³/mol. The van der Waals surface area contributed by atoms with E-state index in [0.29, 0.717) is 29.9 Å². The standard InChI is InChI=1S/C15H13BrCl2O2/c16-12-2-1-3-13(9-12)19-6-7-20-15-5-4-11(10-17)8-14(15)18/h1-5,8-9H,6-7,10H2. The fourth-order valence-corrected chi connectivity index (χ4v) is 2.41. The van der Waals surface area contributed by atoms with E-state index in [1.165, 1.54) is 0 Å². The van der Waals surface area contributed by atoms with E-state index >= 15 is 0 Å². The Hall–Kier alpha value is -0.900. The van der Waals surface area contributed by atoms with Crippen LogP contribution in [-0.2, 0) is 5.88 Å². The average molecular weight is 376 g/mol. The Kier molecular flexibility index (Phi) is 6.02. The molecule has 2 aromatic carbocycles. The van der Waals surface area contributed by atoms with Crippen molar-refractivity contribution in [2.24, 2.45) is 0 Å². The number of alkyl halides is 1. The Labute approximate surface area is 136 Å². The lowest BCUT2D eigenvalue weighted by atomic mass is 10.2. The molecule has 0 aliphatic heterocycles.